The van der Waals surface area contributed by atoms with Crippen molar-refractivity contribution in [3.63, 3.8) is 0 Å². The maximum atomic E-state index is 13.6. The maximum absolute atomic E-state index is 13.6. The second kappa shape index (κ2) is 10.9. The maximum Gasteiger partial charge on any atom is 0.472 e. The van der Waals surface area contributed by atoms with Crippen molar-refractivity contribution in [2.24, 2.45) is 0 Å². The lowest BCUT2D eigenvalue weighted by Gasteiger charge is -2.21. The van der Waals surface area contributed by atoms with Crippen LogP contribution < -0.4 is 16.7 Å². The summed E-state index contributed by atoms with van der Waals surface area (Å²) in [6.45, 7) is 0.457. The molecule has 2 unspecified atom stereocenters. The van der Waals surface area contributed by atoms with Crippen molar-refractivity contribution < 1.29 is 45.6 Å². The average Bonchev–Trinajstić information content (AvgIpc) is 3.16. The lowest BCUT2D eigenvalue weighted by molar-refractivity contribution is -0.174. The number of anilines is 1. The number of thioether (sulfide) groups is 1. The van der Waals surface area contributed by atoms with Crippen molar-refractivity contribution >= 4 is 31.3 Å². The first kappa shape index (κ1) is 26.5. The number of nitrogens with one attached hydrogen (secondary N) is 1. The monoisotopic (exact) mass is 508 g/mol. The van der Waals surface area contributed by atoms with Crippen molar-refractivity contribution in [2.75, 3.05) is 24.7 Å². The van der Waals surface area contributed by atoms with Crippen molar-refractivity contribution in [3.05, 3.63) is 22.5 Å². The molecule has 0 aromatic carbocycles. The van der Waals surface area contributed by atoms with Crippen LogP contribution in [0.5, 0.6) is 0 Å². The number of rotatable bonds is 10. The minimum absolute atomic E-state index is 0.0615. The number of alkyl halides is 3. The molecule has 1 aromatic heterocycles. The molecule has 11 nitrogen and oxygen atoms in total. The van der Waals surface area contributed by atoms with Gasteiger partial charge in [-0.2, -0.15) is 18.2 Å². The first-order chi connectivity index (χ1) is 14.8. The number of phosphoric acid groups is 1. The van der Waals surface area contributed by atoms with Crippen molar-refractivity contribution in [1.82, 2.24) is 14.9 Å². The standard InChI is InChI=1S/C15H21F4N4O7PS/c1-2-3-8(21-13(24)15(17,18)19)5-28-31(26,27)29-6-11-30-10(7-32-11)23-4-9(16)12(20)22-14(23)25/h4,8,10-11H,2-3,5-7H2,1H3,(H,21,24)(H,26,27)(H2,20,22,25)/t8-,10?,11-/m1/s1. The molecule has 2 heterocycles. The third-order valence-corrected chi connectivity index (χ3v) is 6.07. The largest absolute Gasteiger partial charge is 0.472 e. The summed E-state index contributed by atoms with van der Waals surface area (Å²) in [6, 6.07) is -1.17. The van der Waals surface area contributed by atoms with Crippen LogP contribution in [0.3, 0.4) is 0 Å². The second-order valence-corrected chi connectivity index (χ2v) is 9.18. The minimum atomic E-state index is -5.11. The number of nitrogens with two attached hydrogens (primary N) is 1. The Balaban J connectivity index is 1.86. The molecular weight excluding hydrogens is 487 g/mol. The number of ether oxygens (including phenoxy) is 1. The van der Waals surface area contributed by atoms with E-state index in [-0.39, 0.29) is 12.2 Å². The Bertz CT molecular complexity index is 919. The predicted octanol–water partition coefficient (Wildman–Crippen LogP) is 1.53. The van der Waals surface area contributed by atoms with Gasteiger partial charge in [-0.05, 0) is 6.42 Å². The van der Waals surface area contributed by atoms with Crippen molar-refractivity contribution in [1.29, 1.82) is 0 Å². The van der Waals surface area contributed by atoms with Gasteiger partial charge >= 0.3 is 25.6 Å². The molecular formula is C15H21F4N4O7PS. The van der Waals surface area contributed by atoms with Crippen LogP contribution in [-0.4, -0.2) is 57.0 Å². The van der Waals surface area contributed by atoms with E-state index in [0.717, 1.165) is 22.5 Å². The van der Waals surface area contributed by atoms with Gasteiger partial charge < -0.3 is 20.7 Å². The Hall–Kier alpha value is -1.71. The summed E-state index contributed by atoms with van der Waals surface area (Å²) in [5.41, 5.74) is 3.52. The first-order valence-corrected chi connectivity index (χ1v) is 11.7. The molecule has 17 heteroatoms. The molecule has 1 aliphatic rings. The van der Waals surface area contributed by atoms with Gasteiger partial charge in [0.05, 0.1) is 25.5 Å². The Kier molecular flexibility index (Phi) is 9.07. The third kappa shape index (κ3) is 7.71. The number of amides is 1. The van der Waals surface area contributed by atoms with Gasteiger partial charge in [0.15, 0.2) is 11.6 Å². The molecule has 1 fully saturated rings. The van der Waals surface area contributed by atoms with E-state index < -0.39 is 68.2 Å². The molecule has 0 bridgehead atoms. The molecule has 182 valence electrons. The lowest BCUT2D eigenvalue weighted by Crippen LogP contribution is -2.45. The number of nitrogens with zero attached hydrogens (tertiary/aromatic N) is 2. The topological polar surface area (TPSA) is 155 Å². The summed E-state index contributed by atoms with van der Waals surface area (Å²) in [4.78, 5) is 35.9. The lowest BCUT2D eigenvalue weighted by atomic mass is 10.2. The van der Waals surface area contributed by atoms with Crippen LogP contribution >= 0.6 is 19.6 Å². The highest BCUT2D eigenvalue weighted by molar-refractivity contribution is 8.00. The number of phosphoric ester groups is 1. The highest BCUT2D eigenvalue weighted by Gasteiger charge is 2.40. The van der Waals surface area contributed by atoms with E-state index in [1.807, 2.05) is 0 Å². The molecule has 4 N–H and O–H groups in total. The van der Waals surface area contributed by atoms with Crippen LogP contribution in [0.2, 0.25) is 0 Å². The number of carbonyl (C=O) groups is 1. The normalized spacial score (nSPS) is 21.8. The first-order valence-electron chi connectivity index (χ1n) is 9.13. The molecule has 0 spiro atoms. The quantitative estimate of drug-likeness (QED) is 0.313. The summed E-state index contributed by atoms with van der Waals surface area (Å²) in [6.07, 6.45) is -4.79. The molecule has 32 heavy (non-hydrogen) atoms. The average molecular weight is 508 g/mol. The molecule has 0 aliphatic carbocycles. The summed E-state index contributed by atoms with van der Waals surface area (Å²) < 4.78 is 78.5. The number of nitrogen functional groups attached to an aromatic ring is 1. The Morgan fingerprint density at radius 1 is 1.53 bits per heavy atom. The highest BCUT2D eigenvalue weighted by atomic mass is 32.2. The zero-order valence-corrected chi connectivity index (χ0v) is 18.3. The smallest absolute Gasteiger partial charge is 0.381 e. The summed E-state index contributed by atoms with van der Waals surface area (Å²) in [5, 5.41) is 1.68. The van der Waals surface area contributed by atoms with E-state index in [0.29, 0.717) is 6.42 Å². The van der Waals surface area contributed by atoms with Gasteiger partial charge in [-0.15, -0.1) is 11.8 Å². The zero-order chi connectivity index (χ0) is 24.1. The molecule has 4 atom stereocenters. The van der Waals surface area contributed by atoms with E-state index >= 15 is 0 Å². The van der Waals surface area contributed by atoms with Gasteiger partial charge in [-0.3, -0.25) is 18.4 Å². The highest BCUT2D eigenvalue weighted by Crippen LogP contribution is 2.45. The van der Waals surface area contributed by atoms with Gasteiger partial charge in [-0.1, -0.05) is 13.3 Å². The Morgan fingerprint density at radius 2 is 2.22 bits per heavy atom. The van der Waals surface area contributed by atoms with Crippen LogP contribution in [0.4, 0.5) is 23.4 Å². The van der Waals surface area contributed by atoms with Crippen LogP contribution in [0.1, 0.15) is 26.0 Å². The summed E-state index contributed by atoms with van der Waals surface area (Å²) >= 11 is 1.09. The van der Waals surface area contributed by atoms with Gasteiger partial charge in [0, 0.05) is 5.75 Å². The van der Waals surface area contributed by atoms with Crippen molar-refractivity contribution in [2.45, 2.75) is 43.6 Å². The van der Waals surface area contributed by atoms with E-state index in [1.54, 1.807) is 12.2 Å². The number of aromatic nitrogens is 2. The zero-order valence-electron chi connectivity index (χ0n) is 16.6. The van der Waals surface area contributed by atoms with Gasteiger partial charge in [0.2, 0.25) is 0 Å². The van der Waals surface area contributed by atoms with Gasteiger partial charge in [-0.25, -0.2) is 13.8 Å². The minimum Gasteiger partial charge on any atom is -0.381 e. The summed E-state index contributed by atoms with van der Waals surface area (Å²) in [5.74, 6) is -3.52. The van der Waals surface area contributed by atoms with Crippen LogP contribution in [0.25, 0.3) is 0 Å². The summed E-state index contributed by atoms with van der Waals surface area (Å²) in [7, 11) is -4.71. The molecule has 0 radical (unpaired) electrons. The van der Waals surface area contributed by atoms with Crippen LogP contribution in [0.15, 0.2) is 11.0 Å². The Morgan fingerprint density at radius 3 is 2.84 bits per heavy atom. The van der Waals surface area contributed by atoms with E-state index in [2.05, 4.69) is 4.98 Å². The number of carbonyl (C=O) groups excluding carboxylic acids is 1. The van der Waals surface area contributed by atoms with Gasteiger partial charge in [0.25, 0.3) is 0 Å². The molecule has 1 amide bonds. The van der Waals surface area contributed by atoms with E-state index in [9.17, 15) is 36.6 Å². The fourth-order valence-electron chi connectivity index (χ4n) is 2.53. The molecule has 1 saturated heterocycles. The van der Waals surface area contributed by atoms with Crippen LogP contribution in [-0.2, 0) is 23.1 Å². The number of hydrogen-bond donors (Lipinski definition) is 3. The van der Waals surface area contributed by atoms with E-state index in [4.69, 9.17) is 19.5 Å². The number of halogens is 4. The Labute approximate surface area is 183 Å². The fourth-order valence-corrected chi connectivity index (χ4v) is 4.39. The van der Waals surface area contributed by atoms with Crippen molar-refractivity contribution in [3.8, 4) is 0 Å². The van der Waals surface area contributed by atoms with Crippen LogP contribution in [0, 0.1) is 5.82 Å². The molecule has 1 aliphatic heterocycles. The fraction of sp³-hybridized carbons (Fsp3) is 0.667. The second-order valence-electron chi connectivity index (χ2n) is 6.53. The number of hydrogen-bond acceptors (Lipinski definition) is 9. The van der Waals surface area contributed by atoms with E-state index in [1.165, 1.54) is 0 Å². The predicted molar refractivity (Wildman–Crippen MR) is 104 cm³/mol. The SMILES string of the molecule is CCC[C@H](COP(=O)(O)OC[C@@H]1OC(n2cc(F)c(N)nc2=O)CS1)NC(=O)C(F)(F)F. The third-order valence-electron chi connectivity index (χ3n) is 4.02. The molecule has 1 aromatic rings. The molecule has 2 rings (SSSR count). The van der Waals surface area contributed by atoms with Gasteiger partial charge in [0.1, 0.15) is 11.7 Å². The molecule has 0 saturated carbocycles.